The van der Waals surface area contributed by atoms with Crippen LogP contribution in [0.4, 0.5) is 0 Å². The van der Waals surface area contributed by atoms with Crippen LogP contribution in [0.3, 0.4) is 0 Å². The van der Waals surface area contributed by atoms with Crippen molar-refractivity contribution >= 4 is 39.5 Å². The molecule has 0 heterocycles. The minimum Gasteiger partial charge on any atom is -0.494 e. The average Bonchev–Trinajstić information content (AvgIpc) is 3.05. The molecule has 0 unspecified atom stereocenters. The third-order valence-electron chi connectivity index (χ3n) is 7.07. The predicted molar refractivity (Wildman–Crippen MR) is 170 cm³/mol. The van der Waals surface area contributed by atoms with E-state index in [0.717, 1.165) is 33.2 Å². The topological polar surface area (TPSA) is 88.1 Å². The first-order valence-electron chi connectivity index (χ1n) is 14.5. The molecule has 0 aliphatic heterocycles. The van der Waals surface area contributed by atoms with Gasteiger partial charge < -0.3 is 18.9 Å². The van der Waals surface area contributed by atoms with Gasteiger partial charge in [-0.15, -0.1) is 0 Å². The highest BCUT2D eigenvalue weighted by molar-refractivity contribution is 6.02. The smallest absolute Gasteiger partial charge is 0.343 e. The number of carbonyl (C=O) groups excluding carboxylic acids is 3. The van der Waals surface area contributed by atoms with E-state index in [1.165, 1.54) is 0 Å². The van der Waals surface area contributed by atoms with E-state index in [1.54, 1.807) is 48.5 Å². The van der Waals surface area contributed by atoms with Gasteiger partial charge in [0.15, 0.2) is 0 Å². The number of hydrogen-bond acceptors (Lipinski definition) is 7. The Morgan fingerprint density at radius 2 is 1.30 bits per heavy atom. The van der Waals surface area contributed by atoms with Crippen molar-refractivity contribution in [1.29, 1.82) is 0 Å². The summed E-state index contributed by atoms with van der Waals surface area (Å²) in [6, 6.07) is 29.4. The lowest BCUT2D eigenvalue weighted by atomic mass is 10.0. The Labute approximate surface area is 255 Å². The molecule has 0 radical (unpaired) electrons. The van der Waals surface area contributed by atoms with Crippen LogP contribution in [0.15, 0.2) is 110 Å². The van der Waals surface area contributed by atoms with Crippen LogP contribution in [0, 0.1) is 0 Å². The van der Waals surface area contributed by atoms with E-state index >= 15 is 0 Å². The van der Waals surface area contributed by atoms with Gasteiger partial charge in [0.25, 0.3) is 0 Å². The lowest BCUT2D eigenvalue weighted by molar-refractivity contribution is -0.137. The van der Waals surface area contributed by atoms with Gasteiger partial charge in [-0.2, -0.15) is 0 Å². The molecule has 0 aliphatic rings. The monoisotopic (exact) mass is 588 g/mol. The molecule has 5 aromatic carbocycles. The van der Waals surface area contributed by atoms with E-state index in [1.807, 2.05) is 37.3 Å². The first-order valence-corrected chi connectivity index (χ1v) is 14.5. The third kappa shape index (κ3) is 7.50. The van der Waals surface area contributed by atoms with Gasteiger partial charge in [-0.25, -0.2) is 14.4 Å². The van der Waals surface area contributed by atoms with Crippen molar-refractivity contribution in [2.75, 3.05) is 13.2 Å². The number of fused-ring (bicyclic) bond motifs is 2. The highest BCUT2D eigenvalue weighted by atomic mass is 16.5. The molecular formula is C37H32O7. The molecule has 5 rings (SSSR count). The minimum atomic E-state index is -0.518. The van der Waals surface area contributed by atoms with E-state index < -0.39 is 17.9 Å². The molecule has 0 atom stereocenters. The summed E-state index contributed by atoms with van der Waals surface area (Å²) in [5.41, 5.74) is 1.55. The summed E-state index contributed by atoms with van der Waals surface area (Å²) in [5.74, 6) is -0.0411. The second-order valence-corrected chi connectivity index (χ2v) is 10.1. The van der Waals surface area contributed by atoms with Gasteiger partial charge in [0.1, 0.15) is 17.2 Å². The van der Waals surface area contributed by atoms with Crippen LogP contribution in [-0.2, 0) is 16.0 Å². The minimum absolute atomic E-state index is 0.310. The zero-order chi connectivity index (χ0) is 30.9. The summed E-state index contributed by atoms with van der Waals surface area (Å²) in [6.45, 7) is 6.05. The summed E-state index contributed by atoms with van der Waals surface area (Å²) in [4.78, 5) is 36.9. The standard InChI is InChI=1S/C37H32O7/c1-3-25-24-33(43-36(39)26-13-15-32(16-14-26)41-19-7-8-20-42-35(38)4-2)17-18-34(25)44-37(40)30-12-11-29-21-27-9-5-6-10-28(27)22-31(29)23-30/h4-6,9-18,21-24H,2-3,7-8,19-20H2,1H3. The number of ether oxygens (including phenoxy) is 4. The fourth-order valence-corrected chi connectivity index (χ4v) is 4.70. The van der Waals surface area contributed by atoms with Crippen molar-refractivity contribution in [2.45, 2.75) is 26.2 Å². The van der Waals surface area contributed by atoms with E-state index in [9.17, 15) is 14.4 Å². The van der Waals surface area contributed by atoms with Crippen LogP contribution in [0.5, 0.6) is 17.2 Å². The molecule has 0 aliphatic carbocycles. The number of carbonyl (C=O) groups is 3. The molecule has 7 nitrogen and oxygen atoms in total. The maximum absolute atomic E-state index is 13.1. The second-order valence-electron chi connectivity index (χ2n) is 10.1. The first kappa shape index (κ1) is 30.0. The number of rotatable bonds is 12. The van der Waals surface area contributed by atoms with Crippen molar-refractivity contribution in [3.63, 3.8) is 0 Å². The second kappa shape index (κ2) is 14.2. The maximum Gasteiger partial charge on any atom is 0.343 e. The summed E-state index contributed by atoms with van der Waals surface area (Å²) in [7, 11) is 0. The van der Waals surface area contributed by atoms with Crippen LogP contribution in [-0.4, -0.2) is 31.1 Å². The highest BCUT2D eigenvalue weighted by Crippen LogP contribution is 2.28. The zero-order valence-electron chi connectivity index (χ0n) is 24.4. The number of hydrogen-bond donors (Lipinski definition) is 0. The van der Waals surface area contributed by atoms with E-state index in [2.05, 4.69) is 24.8 Å². The van der Waals surface area contributed by atoms with Crippen molar-refractivity contribution in [3.8, 4) is 17.2 Å². The number of aryl methyl sites for hydroxylation is 1. The Balaban J connectivity index is 1.17. The number of esters is 3. The molecule has 222 valence electrons. The maximum atomic E-state index is 13.1. The van der Waals surface area contributed by atoms with Crippen molar-refractivity contribution in [2.24, 2.45) is 0 Å². The quantitative estimate of drug-likeness (QED) is 0.0482. The summed E-state index contributed by atoms with van der Waals surface area (Å²) >= 11 is 0. The van der Waals surface area contributed by atoms with E-state index in [4.69, 9.17) is 18.9 Å². The van der Waals surface area contributed by atoms with E-state index in [0.29, 0.717) is 60.9 Å². The molecular weight excluding hydrogens is 556 g/mol. The number of unbranched alkanes of at least 4 members (excludes halogenated alkanes) is 1. The first-order chi connectivity index (χ1) is 21.4. The summed E-state index contributed by atoms with van der Waals surface area (Å²) in [5, 5.41) is 4.25. The Bertz CT molecular complexity index is 1820. The summed E-state index contributed by atoms with van der Waals surface area (Å²) in [6.07, 6.45) is 3.08. The molecule has 5 aromatic rings. The van der Waals surface area contributed by atoms with Crippen LogP contribution in [0.1, 0.15) is 46.0 Å². The SMILES string of the molecule is C=CC(=O)OCCCCOc1ccc(C(=O)Oc2ccc(OC(=O)c3ccc4cc5ccccc5cc4c3)c(CC)c2)cc1. The van der Waals surface area contributed by atoms with Crippen molar-refractivity contribution in [1.82, 2.24) is 0 Å². The predicted octanol–water partition coefficient (Wildman–Crippen LogP) is 7.88. The molecule has 0 saturated carbocycles. The van der Waals surface area contributed by atoms with Gasteiger partial charge in [-0.3, -0.25) is 0 Å². The molecule has 0 aromatic heterocycles. The summed E-state index contributed by atoms with van der Waals surface area (Å²) < 4.78 is 22.0. The molecule has 7 heteroatoms. The van der Waals surface area contributed by atoms with Gasteiger partial charge in [-0.1, -0.05) is 43.8 Å². The molecule has 44 heavy (non-hydrogen) atoms. The molecule has 0 bridgehead atoms. The van der Waals surface area contributed by atoms with Gasteiger partial charge >= 0.3 is 17.9 Å². The number of benzene rings is 5. The Kier molecular flexibility index (Phi) is 9.67. The fraction of sp³-hybridized carbons (Fsp3) is 0.162. The molecule has 0 N–H and O–H groups in total. The van der Waals surface area contributed by atoms with Crippen LogP contribution in [0.25, 0.3) is 21.5 Å². The van der Waals surface area contributed by atoms with Crippen LogP contribution >= 0.6 is 0 Å². The fourth-order valence-electron chi connectivity index (χ4n) is 4.70. The Morgan fingerprint density at radius 1 is 0.659 bits per heavy atom. The van der Waals surface area contributed by atoms with Gasteiger partial charge in [0.2, 0.25) is 0 Å². The molecule has 0 fully saturated rings. The van der Waals surface area contributed by atoms with Crippen molar-refractivity contribution in [3.05, 3.63) is 126 Å². The van der Waals surface area contributed by atoms with Gasteiger partial charge in [0.05, 0.1) is 24.3 Å². The zero-order valence-corrected chi connectivity index (χ0v) is 24.4. The van der Waals surface area contributed by atoms with Crippen LogP contribution < -0.4 is 14.2 Å². The Morgan fingerprint density at radius 3 is 2.02 bits per heavy atom. The van der Waals surface area contributed by atoms with Gasteiger partial charge in [0, 0.05) is 6.08 Å². The highest BCUT2D eigenvalue weighted by Gasteiger charge is 2.15. The van der Waals surface area contributed by atoms with E-state index in [-0.39, 0.29) is 0 Å². The molecule has 0 saturated heterocycles. The van der Waals surface area contributed by atoms with Gasteiger partial charge in [-0.05, 0) is 113 Å². The van der Waals surface area contributed by atoms with Crippen molar-refractivity contribution < 1.29 is 33.3 Å². The molecule has 0 spiro atoms. The largest absolute Gasteiger partial charge is 0.494 e. The molecule has 0 amide bonds. The normalized spacial score (nSPS) is 10.8. The lowest BCUT2D eigenvalue weighted by Gasteiger charge is -2.12. The average molecular weight is 589 g/mol. The third-order valence-corrected chi connectivity index (χ3v) is 7.07. The Hall–Kier alpha value is -5.43. The lowest BCUT2D eigenvalue weighted by Crippen LogP contribution is -2.11. The van der Waals surface area contributed by atoms with Crippen LogP contribution in [0.2, 0.25) is 0 Å².